The van der Waals surface area contributed by atoms with Crippen LogP contribution in [-0.2, 0) is 6.42 Å². The van der Waals surface area contributed by atoms with Crippen LogP contribution in [0.3, 0.4) is 0 Å². The molecule has 0 aliphatic heterocycles. The summed E-state index contributed by atoms with van der Waals surface area (Å²) in [4.78, 5) is 0. The molecule has 1 aromatic rings. The molecule has 0 saturated heterocycles. The lowest BCUT2D eigenvalue weighted by molar-refractivity contribution is -0.155. The van der Waals surface area contributed by atoms with Crippen molar-refractivity contribution in [2.45, 2.75) is 17.7 Å². The molecule has 0 aliphatic rings. The largest absolute Gasteiger partial charge is 0.384 e. The molecule has 0 heterocycles. The topological polar surface area (TPSA) is 0 Å². The first kappa shape index (κ1) is 11.3. The van der Waals surface area contributed by atoms with Gasteiger partial charge in [-0.2, -0.15) is 17.6 Å². The van der Waals surface area contributed by atoms with E-state index in [1.165, 1.54) is 24.3 Å². The van der Waals surface area contributed by atoms with Gasteiger partial charge in [-0.25, -0.2) is 0 Å². The van der Waals surface area contributed by atoms with Crippen molar-refractivity contribution in [2.24, 2.45) is 0 Å². The zero-order valence-electron chi connectivity index (χ0n) is 6.98. The van der Waals surface area contributed by atoms with Gasteiger partial charge in [-0.3, -0.25) is 0 Å². The minimum absolute atomic E-state index is 0.123. The molecular weight excluding hydrogens is 220 g/mol. The van der Waals surface area contributed by atoms with E-state index in [-0.39, 0.29) is 5.56 Å². The van der Waals surface area contributed by atoms with Gasteiger partial charge in [0.2, 0.25) is 0 Å². The Balaban J connectivity index is 2.79. The lowest BCUT2D eigenvalue weighted by Gasteiger charge is -2.20. The number of halogens is 5. The van der Waals surface area contributed by atoms with E-state index in [0.29, 0.717) is 0 Å². The summed E-state index contributed by atoms with van der Waals surface area (Å²) in [7, 11) is 0. The maximum Gasteiger partial charge on any atom is 0.384 e. The molecule has 0 unspecified atom stereocenters. The summed E-state index contributed by atoms with van der Waals surface area (Å²) in [6.45, 7) is 0. The minimum Gasteiger partial charge on any atom is -0.198 e. The smallest absolute Gasteiger partial charge is 0.198 e. The maximum atomic E-state index is 12.7. The fourth-order valence-corrected chi connectivity index (χ4v) is 1.02. The Kier molecular flexibility index (Phi) is 3.04. The molecule has 0 nitrogen and oxygen atoms in total. The summed E-state index contributed by atoms with van der Waals surface area (Å²) in [6, 6.07) is 7.29. The lowest BCUT2D eigenvalue weighted by atomic mass is 10.1. The zero-order chi connectivity index (χ0) is 10.8. The standard InChI is InChI=1S/C9H7ClF4/c10-9(13,14)8(11,12)6-7-4-2-1-3-5-7/h1-5H,6H2. The second kappa shape index (κ2) is 3.77. The summed E-state index contributed by atoms with van der Waals surface area (Å²) >= 11 is 4.29. The van der Waals surface area contributed by atoms with Gasteiger partial charge in [0.25, 0.3) is 0 Å². The molecule has 14 heavy (non-hydrogen) atoms. The SMILES string of the molecule is FC(F)(Cl)C(F)(F)Cc1ccccc1. The first-order valence-electron chi connectivity index (χ1n) is 3.81. The Hall–Kier alpha value is -0.770. The number of hydrogen-bond acceptors (Lipinski definition) is 0. The normalized spacial score (nSPS) is 12.9. The highest BCUT2D eigenvalue weighted by atomic mass is 35.5. The van der Waals surface area contributed by atoms with Gasteiger partial charge in [-0.05, 0) is 17.2 Å². The molecule has 0 aliphatic carbocycles. The molecule has 78 valence electrons. The fourth-order valence-electron chi connectivity index (χ4n) is 0.952. The number of hydrogen-bond donors (Lipinski definition) is 0. The molecule has 1 rings (SSSR count). The van der Waals surface area contributed by atoms with Crippen molar-refractivity contribution in [3.63, 3.8) is 0 Å². The molecule has 0 spiro atoms. The average molecular weight is 227 g/mol. The summed E-state index contributed by atoms with van der Waals surface area (Å²) in [5, 5.41) is -4.51. The lowest BCUT2D eigenvalue weighted by Crippen LogP contribution is -2.37. The Morgan fingerprint density at radius 3 is 1.93 bits per heavy atom. The van der Waals surface area contributed by atoms with Gasteiger partial charge >= 0.3 is 11.3 Å². The number of benzene rings is 1. The quantitative estimate of drug-likeness (QED) is 0.545. The van der Waals surface area contributed by atoms with Crippen LogP contribution in [-0.4, -0.2) is 11.3 Å². The van der Waals surface area contributed by atoms with E-state index < -0.39 is 17.7 Å². The van der Waals surface area contributed by atoms with E-state index in [0.717, 1.165) is 0 Å². The van der Waals surface area contributed by atoms with Gasteiger partial charge in [0.15, 0.2) is 0 Å². The van der Waals surface area contributed by atoms with Crippen molar-refractivity contribution in [1.82, 2.24) is 0 Å². The van der Waals surface area contributed by atoms with Crippen molar-refractivity contribution in [3.8, 4) is 0 Å². The fraction of sp³-hybridized carbons (Fsp3) is 0.333. The highest BCUT2D eigenvalue weighted by Gasteiger charge is 2.54. The van der Waals surface area contributed by atoms with Crippen LogP contribution in [0.4, 0.5) is 17.6 Å². The number of rotatable bonds is 3. The summed E-state index contributed by atoms with van der Waals surface area (Å²) < 4.78 is 49.9. The van der Waals surface area contributed by atoms with Gasteiger partial charge in [0, 0.05) is 6.42 Å². The zero-order valence-corrected chi connectivity index (χ0v) is 7.74. The van der Waals surface area contributed by atoms with Crippen molar-refractivity contribution < 1.29 is 17.6 Å². The van der Waals surface area contributed by atoms with Gasteiger partial charge < -0.3 is 0 Å². The summed E-state index contributed by atoms with van der Waals surface area (Å²) in [5.74, 6) is -4.23. The Bertz CT molecular complexity index is 291. The second-order valence-electron chi connectivity index (χ2n) is 2.86. The van der Waals surface area contributed by atoms with Gasteiger partial charge in [0.05, 0.1) is 0 Å². The molecule has 0 saturated carbocycles. The first-order chi connectivity index (χ1) is 6.33. The molecule has 0 radical (unpaired) electrons. The van der Waals surface area contributed by atoms with E-state index in [2.05, 4.69) is 11.6 Å². The summed E-state index contributed by atoms with van der Waals surface area (Å²) in [6.07, 6.45) is -1.07. The monoisotopic (exact) mass is 226 g/mol. The molecule has 0 amide bonds. The molecule has 0 N–H and O–H groups in total. The van der Waals surface area contributed by atoms with Gasteiger partial charge in [0.1, 0.15) is 0 Å². The predicted octanol–water partition coefficient (Wildman–Crippen LogP) is 3.70. The van der Waals surface area contributed by atoms with E-state index in [1.807, 2.05) is 0 Å². The van der Waals surface area contributed by atoms with E-state index >= 15 is 0 Å². The number of alkyl halides is 5. The van der Waals surface area contributed by atoms with E-state index in [4.69, 9.17) is 0 Å². The second-order valence-corrected chi connectivity index (χ2v) is 3.34. The highest BCUT2D eigenvalue weighted by Crippen LogP contribution is 2.39. The van der Waals surface area contributed by atoms with E-state index in [9.17, 15) is 17.6 Å². The highest BCUT2D eigenvalue weighted by molar-refractivity contribution is 6.22. The third-order valence-corrected chi connectivity index (χ3v) is 1.96. The van der Waals surface area contributed by atoms with Crippen LogP contribution in [0.5, 0.6) is 0 Å². The van der Waals surface area contributed by atoms with Crippen molar-refractivity contribution in [1.29, 1.82) is 0 Å². The van der Waals surface area contributed by atoms with E-state index in [1.54, 1.807) is 6.07 Å². The Morgan fingerprint density at radius 1 is 1.00 bits per heavy atom. The molecular formula is C9H7ClF4. The third-order valence-electron chi connectivity index (χ3n) is 1.68. The minimum atomic E-state index is -4.51. The van der Waals surface area contributed by atoms with Gasteiger partial charge in [-0.15, -0.1) is 0 Å². The molecule has 1 aromatic carbocycles. The average Bonchev–Trinajstić information content (AvgIpc) is 2.03. The van der Waals surface area contributed by atoms with Crippen LogP contribution >= 0.6 is 11.6 Å². The first-order valence-corrected chi connectivity index (χ1v) is 4.19. The third kappa shape index (κ3) is 2.61. The Morgan fingerprint density at radius 2 is 1.50 bits per heavy atom. The maximum absolute atomic E-state index is 12.7. The molecule has 0 bridgehead atoms. The van der Waals surface area contributed by atoms with Crippen LogP contribution in [0.25, 0.3) is 0 Å². The van der Waals surface area contributed by atoms with Crippen LogP contribution in [0.15, 0.2) is 30.3 Å². The van der Waals surface area contributed by atoms with Crippen molar-refractivity contribution in [2.75, 3.05) is 0 Å². The summed E-state index contributed by atoms with van der Waals surface area (Å²) in [5.41, 5.74) is 0.123. The van der Waals surface area contributed by atoms with Crippen molar-refractivity contribution >= 4 is 11.6 Å². The molecule has 0 fully saturated rings. The van der Waals surface area contributed by atoms with Crippen LogP contribution in [0.2, 0.25) is 0 Å². The molecule has 0 aromatic heterocycles. The van der Waals surface area contributed by atoms with Crippen LogP contribution in [0, 0.1) is 0 Å². The Labute approximate surface area is 83.5 Å². The van der Waals surface area contributed by atoms with Crippen LogP contribution < -0.4 is 0 Å². The molecule has 5 heteroatoms. The van der Waals surface area contributed by atoms with Crippen LogP contribution in [0.1, 0.15) is 5.56 Å². The van der Waals surface area contributed by atoms with Gasteiger partial charge in [-0.1, -0.05) is 30.3 Å². The molecule has 0 atom stereocenters. The predicted molar refractivity (Wildman–Crippen MR) is 45.9 cm³/mol. The van der Waals surface area contributed by atoms with Crippen molar-refractivity contribution in [3.05, 3.63) is 35.9 Å².